The Balaban J connectivity index is 2.12. The number of hydrogen-bond donors (Lipinski definition) is 1. The van der Waals surface area contributed by atoms with Gasteiger partial charge in [-0.3, -0.25) is 4.79 Å². The van der Waals surface area contributed by atoms with Crippen LogP contribution in [0.15, 0.2) is 53.4 Å². The maximum Gasteiger partial charge on any atom is 0.251 e. The van der Waals surface area contributed by atoms with E-state index in [1.54, 1.807) is 12.1 Å². The van der Waals surface area contributed by atoms with Gasteiger partial charge in [0, 0.05) is 16.8 Å². The lowest BCUT2D eigenvalue weighted by Gasteiger charge is -2.14. The number of amides is 1. The van der Waals surface area contributed by atoms with Crippen molar-refractivity contribution in [2.45, 2.75) is 17.9 Å². The third-order valence-electron chi connectivity index (χ3n) is 3.24. The molecule has 1 N–H and O–H groups in total. The van der Waals surface area contributed by atoms with Gasteiger partial charge in [0.05, 0.1) is 10.9 Å². The van der Waals surface area contributed by atoms with Gasteiger partial charge in [0.25, 0.3) is 5.91 Å². The molecule has 0 unspecified atom stereocenters. The van der Waals surface area contributed by atoms with E-state index in [0.29, 0.717) is 10.6 Å². The summed E-state index contributed by atoms with van der Waals surface area (Å²) < 4.78 is 22.8. The summed E-state index contributed by atoms with van der Waals surface area (Å²) in [6.07, 6.45) is 1.13. The van der Waals surface area contributed by atoms with Gasteiger partial charge >= 0.3 is 0 Å². The first-order valence-corrected chi connectivity index (χ1v) is 8.91. The van der Waals surface area contributed by atoms with Crippen LogP contribution in [-0.4, -0.2) is 20.6 Å². The Bertz CT molecular complexity index is 785. The maximum atomic E-state index is 12.2. The molecule has 1 amide bonds. The molecule has 1 atom stereocenters. The summed E-state index contributed by atoms with van der Waals surface area (Å²) >= 11 is 5.93. The second-order valence-corrected chi connectivity index (χ2v) is 7.50. The first-order valence-electron chi connectivity index (χ1n) is 6.64. The molecule has 116 valence electrons. The summed E-state index contributed by atoms with van der Waals surface area (Å²) in [4.78, 5) is 12.4. The molecule has 6 heteroatoms. The Kier molecular flexibility index (Phi) is 4.88. The van der Waals surface area contributed by atoms with Crippen molar-refractivity contribution in [2.24, 2.45) is 0 Å². The molecule has 0 aromatic heterocycles. The van der Waals surface area contributed by atoms with E-state index in [4.69, 9.17) is 11.6 Å². The third-order valence-corrected chi connectivity index (χ3v) is 4.60. The zero-order valence-electron chi connectivity index (χ0n) is 12.2. The summed E-state index contributed by atoms with van der Waals surface area (Å²) in [7, 11) is -3.26. The largest absolute Gasteiger partial charge is 0.346 e. The predicted octanol–water partition coefficient (Wildman–Crippen LogP) is 3.23. The second kappa shape index (κ2) is 6.50. The van der Waals surface area contributed by atoms with E-state index in [-0.39, 0.29) is 16.8 Å². The number of benzene rings is 2. The van der Waals surface area contributed by atoms with Crippen LogP contribution >= 0.6 is 11.6 Å². The van der Waals surface area contributed by atoms with Crippen molar-refractivity contribution >= 4 is 27.3 Å². The molecule has 0 aliphatic carbocycles. The minimum absolute atomic E-state index is 0.187. The van der Waals surface area contributed by atoms with Crippen molar-refractivity contribution in [3.63, 3.8) is 0 Å². The highest BCUT2D eigenvalue weighted by atomic mass is 35.5. The molecule has 2 rings (SSSR count). The highest BCUT2D eigenvalue weighted by molar-refractivity contribution is 7.90. The summed E-state index contributed by atoms with van der Waals surface area (Å²) in [5.74, 6) is -0.271. The Morgan fingerprint density at radius 2 is 1.77 bits per heavy atom. The van der Waals surface area contributed by atoms with E-state index in [1.807, 2.05) is 19.1 Å². The number of rotatable bonds is 4. The fourth-order valence-electron chi connectivity index (χ4n) is 1.99. The number of hydrogen-bond acceptors (Lipinski definition) is 3. The molecule has 2 aromatic rings. The minimum Gasteiger partial charge on any atom is -0.346 e. The van der Waals surface area contributed by atoms with Crippen LogP contribution in [0.1, 0.15) is 28.9 Å². The molecule has 0 radical (unpaired) electrons. The standard InChI is InChI=1S/C16H16ClNO3S/c1-11(13-4-3-5-14(17)10-13)18-16(19)12-6-8-15(9-7-12)22(2,20)21/h3-11H,1-2H3,(H,18,19)/t11-/m1/s1. The smallest absolute Gasteiger partial charge is 0.251 e. The molecule has 0 saturated carbocycles. The Morgan fingerprint density at radius 3 is 2.32 bits per heavy atom. The maximum absolute atomic E-state index is 12.2. The van der Waals surface area contributed by atoms with Crippen molar-refractivity contribution in [3.8, 4) is 0 Å². The molecule has 0 saturated heterocycles. The van der Waals surface area contributed by atoms with Crippen LogP contribution in [0.5, 0.6) is 0 Å². The summed E-state index contributed by atoms with van der Waals surface area (Å²) in [5, 5.41) is 3.46. The van der Waals surface area contributed by atoms with E-state index in [2.05, 4.69) is 5.32 Å². The van der Waals surface area contributed by atoms with Crippen LogP contribution < -0.4 is 5.32 Å². The zero-order chi connectivity index (χ0) is 16.3. The van der Waals surface area contributed by atoms with Gasteiger partial charge in [-0.05, 0) is 48.9 Å². The van der Waals surface area contributed by atoms with Gasteiger partial charge in [0.1, 0.15) is 0 Å². The van der Waals surface area contributed by atoms with Gasteiger partial charge in [-0.25, -0.2) is 8.42 Å². The molecule has 0 spiro atoms. The highest BCUT2D eigenvalue weighted by Gasteiger charge is 2.13. The van der Waals surface area contributed by atoms with Crippen molar-refractivity contribution in [1.82, 2.24) is 5.32 Å². The van der Waals surface area contributed by atoms with Crippen LogP contribution in [0.4, 0.5) is 0 Å². The Labute approximate surface area is 135 Å². The van der Waals surface area contributed by atoms with E-state index < -0.39 is 9.84 Å². The molecule has 0 fully saturated rings. The van der Waals surface area contributed by atoms with Crippen LogP contribution in [0.25, 0.3) is 0 Å². The fraction of sp³-hybridized carbons (Fsp3) is 0.188. The molecule has 4 nitrogen and oxygen atoms in total. The fourth-order valence-corrected chi connectivity index (χ4v) is 2.82. The summed E-state index contributed by atoms with van der Waals surface area (Å²) in [5.41, 5.74) is 1.30. The van der Waals surface area contributed by atoms with Crippen LogP contribution in [0, 0.1) is 0 Å². The van der Waals surface area contributed by atoms with Gasteiger partial charge in [0.2, 0.25) is 0 Å². The molecule has 0 aliphatic heterocycles. The van der Waals surface area contributed by atoms with Crippen molar-refractivity contribution in [2.75, 3.05) is 6.26 Å². The van der Waals surface area contributed by atoms with Gasteiger partial charge in [-0.1, -0.05) is 23.7 Å². The molecule has 0 aliphatic rings. The van der Waals surface area contributed by atoms with E-state index in [0.717, 1.165) is 11.8 Å². The number of nitrogens with one attached hydrogen (secondary N) is 1. The SMILES string of the molecule is C[C@@H](NC(=O)c1ccc(S(C)(=O)=O)cc1)c1cccc(Cl)c1. The normalized spacial score (nSPS) is 12.7. The summed E-state index contributed by atoms with van der Waals surface area (Å²) in [6, 6.07) is 12.9. The Morgan fingerprint density at radius 1 is 1.14 bits per heavy atom. The lowest BCUT2D eigenvalue weighted by atomic mass is 10.1. The van der Waals surface area contributed by atoms with Gasteiger partial charge in [-0.15, -0.1) is 0 Å². The van der Waals surface area contributed by atoms with E-state index >= 15 is 0 Å². The van der Waals surface area contributed by atoms with Crippen molar-refractivity contribution in [3.05, 3.63) is 64.7 Å². The predicted molar refractivity (Wildman–Crippen MR) is 86.9 cm³/mol. The highest BCUT2D eigenvalue weighted by Crippen LogP contribution is 2.18. The average Bonchev–Trinajstić information content (AvgIpc) is 2.46. The number of sulfone groups is 1. The third kappa shape index (κ3) is 4.08. The van der Waals surface area contributed by atoms with Gasteiger partial charge in [0.15, 0.2) is 9.84 Å². The number of carbonyl (C=O) groups excluding carboxylic acids is 1. The number of carbonyl (C=O) groups is 1. The molecular formula is C16H16ClNO3S. The average molecular weight is 338 g/mol. The second-order valence-electron chi connectivity index (χ2n) is 5.05. The Hall–Kier alpha value is -1.85. The van der Waals surface area contributed by atoms with Crippen LogP contribution in [0.3, 0.4) is 0 Å². The summed E-state index contributed by atoms with van der Waals surface area (Å²) in [6.45, 7) is 1.86. The molecular weight excluding hydrogens is 322 g/mol. The van der Waals surface area contributed by atoms with Gasteiger partial charge < -0.3 is 5.32 Å². The van der Waals surface area contributed by atoms with Crippen molar-refractivity contribution < 1.29 is 13.2 Å². The van der Waals surface area contributed by atoms with E-state index in [1.165, 1.54) is 24.3 Å². The molecule has 0 bridgehead atoms. The minimum atomic E-state index is -3.26. The van der Waals surface area contributed by atoms with Gasteiger partial charge in [-0.2, -0.15) is 0 Å². The monoisotopic (exact) mass is 337 g/mol. The molecule has 2 aromatic carbocycles. The molecule has 22 heavy (non-hydrogen) atoms. The first kappa shape index (κ1) is 16.5. The topological polar surface area (TPSA) is 63.2 Å². The number of halogens is 1. The van der Waals surface area contributed by atoms with Crippen molar-refractivity contribution in [1.29, 1.82) is 0 Å². The lowest BCUT2D eigenvalue weighted by molar-refractivity contribution is 0.0940. The quantitative estimate of drug-likeness (QED) is 0.931. The van der Waals surface area contributed by atoms with Crippen LogP contribution in [0.2, 0.25) is 5.02 Å². The first-order chi connectivity index (χ1) is 10.3. The molecule has 0 heterocycles. The van der Waals surface area contributed by atoms with Crippen LogP contribution in [-0.2, 0) is 9.84 Å². The zero-order valence-corrected chi connectivity index (χ0v) is 13.8. The lowest BCUT2D eigenvalue weighted by Crippen LogP contribution is -2.26. The van der Waals surface area contributed by atoms with E-state index in [9.17, 15) is 13.2 Å².